The predicted molar refractivity (Wildman–Crippen MR) is 67.9 cm³/mol. The van der Waals surface area contributed by atoms with E-state index in [1.807, 2.05) is 13.8 Å². The van der Waals surface area contributed by atoms with Gasteiger partial charge in [-0.3, -0.25) is 4.21 Å². The number of hydrogen-bond donors (Lipinski definition) is 1. The fraction of sp³-hybridized carbons (Fsp3) is 0.538. The highest BCUT2D eigenvalue weighted by molar-refractivity contribution is 7.85. The van der Waals surface area contributed by atoms with Gasteiger partial charge in [0, 0.05) is 16.2 Å². The second kappa shape index (κ2) is 4.86. The third-order valence-corrected chi connectivity index (χ3v) is 5.45. The highest BCUT2D eigenvalue weighted by Crippen LogP contribution is 2.38. The average molecular weight is 255 g/mol. The molecule has 1 N–H and O–H groups in total. The largest absolute Gasteiger partial charge is 0.310 e. The van der Waals surface area contributed by atoms with Crippen molar-refractivity contribution in [3.63, 3.8) is 0 Å². The summed E-state index contributed by atoms with van der Waals surface area (Å²) in [5.74, 6) is -0.0251. The first kappa shape index (κ1) is 12.7. The van der Waals surface area contributed by atoms with Gasteiger partial charge < -0.3 is 5.32 Å². The van der Waals surface area contributed by atoms with Gasteiger partial charge in [0.15, 0.2) is 0 Å². The molecule has 2 rings (SSSR count). The number of rotatable bonds is 2. The molecule has 0 bridgehead atoms. The van der Waals surface area contributed by atoms with E-state index in [9.17, 15) is 8.60 Å². The van der Waals surface area contributed by atoms with E-state index in [0.717, 1.165) is 12.1 Å². The van der Waals surface area contributed by atoms with Gasteiger partial charge in [0.2, 0.25) is 0 Å². The molecule has 4 heteroatoms. The molecule has 1 aliphatic heterocycles. The number of halogens is 1. The monoisotopic (exact) mass is 255 g/mol. The van der Waals surface area contributed by atoms with Crippen molar-refractivity contribution in [1.82, 2.24) is 5.32 Å². The third-order valence-electron chi connectivity index (χ3n) is 3.56. The van der Waals surface area contributed by atoms with Crippen LogP contribution in [-0.2, 0) is 10.8 Å². The smallest absolute Gasteiger partial charge is 0.124 e. The second-order valence-corrected chi connectivity index (χ2v) is 6.36. The summed E-state index contributed by atoms with van der Waals surface area (Å²) >= 11 is 0. The molecule has 0 amide bonds. The molecule has 0 spiro atoms. The molecular weight excluding hydrogens is 237 g/mol. The lowest BCUT2D eigenvalue weighted by atomic mass is 9.91. The van der Waals surface area contributed by atoms with Crippen LogP contribution in [0.15, 0.2) is 23.1 Å². The molecule has 0 fully saturated rings. The van der Waals surface area contributed by atoms with Crippen LogP contribution in [0.2, 0.25) is 0 Å². The van der Waals surface area contributed by atoms with Crippen molar-refractivity contribution < 1.29 is 8.60 Å². The van der Waals surface area contributed by atoms with Crippen molar-refractivity contribution in [1.29, 1.82) is 0 Å². The van der Waals surface area contributed by atoms with Gasteiger partial charge in [0.25, 0.3) is 0 Å². The van der Waals surface area contributed by atoms with E-state index in [2.05, 4.69) is 12.2 Å². The molecule has 0 saturated carbocycles. The van der Waals surface area contributed by atoms with Crippen LogP contribution < -0.4 is 5.32 Å². The van der Waals surface area contributed by atoms with E-state index in [1.54, 1.807) is 6.07 Å². The molecule has 1 heterocycles. The van der Waals surface area contributed by atoms with Gasteiger partial charge in [-0.15, -0.1) is 0 Å². The maximum atomic E-state index is 13.3. The number of hydrogen-bond acceptors (Lipinski definition) is 2. The van der Waals surface area contributed by atoms with Crippen molar-refractivity contribution >= 4 is 10.8 Å². The summed E-state index contributed by atoms with van der Waals surface area (Å²) < 4.78 is 25.5. The Morgan fingerprint density at radius 3 is 2.76 bits per heavy atom. The molecule has 94 valence electrons. The lowest BCUT2D eigenvalue weighted by molar-refractivity contribution is 0.372. The summed E-state index contributed by atoms with van der Waals surface area (Å²) in [5.41, 5.74) is 0.984. The summed E-state index contributed by atoms with van der Waals surface area (Å²) in [6.45, 7) is 6.97. The Hall–Kier alpha value is -0.740. The van der Waals surface area contributed by atoms with Gasteiger partial charge in [-0.05, 0) is 30.2 Å². The zero-order valence-corrected chi connectivity index (χ0v) is 11.2. The molecule has 0 aromatic heterocycles. The van der Waals surface area contributed by atoms with Gasteiger partial charge in [0.1, 0.15) is 5.82 Å². The normalized spacial score (nSPS) is 32.2. The van der Waals surface area contributed by atoms with Crippen molar-refractivity contribution in [2.75, 3.05) is 6.54 Å². The van der Waals surface area contributed by atoms with E-state index in [-0.39, 0.29) is 23.0 Å². The summed E-state index contributed by atoms with van der Waals surface area (Å²) in [7, 11) is -1.10. The predicted octanol–water partition coefficient (Wildman–Crippen LogP) is 2.62. The van der Waals surface area contributed by atoms with Gasteiger partial charge >= 0.3 is 0 Å². The topological polar surface area (TPSA) is 29.1 Å². The Labute approximate surface area is 104 Å². The Kier molecular flexibility index (Phi) is 3.64. The van der Waals surface area contributed by atoms with Gasteiger partial charge in [-0.25, -0.2) is 4.39 Å². The van der Waals surface area contributed by atoms with Gasteiger partial charge in [-0.2, -0.15) is 0 Å². The van der Waals surface area contributed by atoms with E-state index >= 15 is 0 Å². The number of nitrogens with one attached hydrogen (secondary N) is 1. The molecular formula is C13H18FNOS. The minimum Gasteiger partial charge on any atom is -0.310 e. The molecule has 1 aliphatic rings. The fourth-order valence-corrected chi connectivity index (χ4v) is 4.01. The van der Waals surface area contributed by atoms with Crippen LogP contribution in [0.4, 0.5) is 4.39 Å². The van der Waals surface area contributed by atoms with Crippen LogP contribution in [0.1, 0.15) is 32.4 Å². The van der Waals surface area contributed by atoms with E-state index in [4.69, 9.17) is 0 Å². The third kappa shape index (κ3) is 2.16. The zero-order valence-electron chi connectivity index (χ0n) is 10.4. The quantitative estimate of drug-likeness (QED) is 0.880. The molecule has 1 aromatic rings. The molecule has 4 atom stereocenters. The Morgan fingerprint density at radius 1 is 1.41 bits per heavy atom. The average Bonchev–Trinajstić information content (AvgIpc) is 2.32. The molecule has 1 aromatic carbocycles. The number of benzene rings is 1. The maximum absolute atomic E-state index is 13.3. The van der Waals surface area contributed by atoms with Crippen molar-refractivity contribution in [3.05, 3.63) is 29.6 Å². The Morgan fingerprint density at radius 2 is 2.12 bits per heavy atom. The Bertz CT molecular complexity index is 449. The summed E-state index contributed by atoms with van der Waals surface area (Å²) in [6, 6.07) is 4.79. The number of fused-ring (bicyclic) bond motifs is 1. The van der Waals surface area contributed by atoms with E-state index in [1.165, 1.54) is 12.1 Å². The van der Waals surface area contributed by atoms with Gasteiger partial charge in [0.05, 0.1) is 10.8 Å². The standard InChI is InChI=1S/C13H18FNOS/c1-4-15-13-8(2)9(3)17(16)12-7-10(14)5-6-11(12)13/h5-9,13,15H,4H2,1-3H3. The SMILES string of the molecule is CCNC1c2ccc(F)cc2S(=O)C(C)C1C. The van der Waals surface area contributed by atoms with Gasteiger partial charge in [-0.1, -0.05) is 26.8 Å². The summed E-state index contributed by atoms with van der Waals surface area (Å²) in [4.78, 5) is 0.654. The van der Waals surface area contributed by atoms with E-state index < -0.39 is 10.8 Å². The van der Waals surface area contributed by atoms with Crippen molar-refractivity contribution in [3.8, 4) is 0 Å². The molecule has 0 aliphatic carbocycles. The highest BCUT2D eigenvalue weighted by Gasteiger charge is 2.36. The van der Waals surface area contributed by atoms with Crippen LogP contribution in [0, 0.1) is 11.7 Å². The fourth-order valence-electron chi connectivity index (χ4n) is 2.40. The second-order valence-electron chi connectivity index (χ2n) is 4.58. The van der Waals surface area contributed by atoms with Crippen LogP contribution in [0.5, 0.6) is 0 Å². The molecule has 2 nitrogen and oxygen atoms in total. The molecule has 4 unspecified atom stereocenters. The summed E-state index contributed by atoms with van der Waals surface area (Å²) in [5, 5.41) is 3.45. The zero-order chi connectivity index (χ0) is 12.6. The minimum absolute atomic E-state index is 0.0494. The van der Waals surface area contributed by atoms with Crippen LogP contribution >= 0.6 is 0 Å². The lowest BCUT2D eigenvalue weighted by Gasteiger charge is -2.35. The summed E-state index contributed by atoms with van der Waals surface area (Å²) in [6.07, 6.45) is 0. The first-order chi connectivity index (χ1) is 8.06. The van der Waals surface area contributed by atoms with Crippen LogP contribution in [-0.4, -0.2) is 16.0 Å². The minimum atomic E-state index is -1.10. The van der Waals surface area contributed by atoms with E-state index in [0.29, 0.717) is 4.90 Å². The Balaban J connectivity index is 2.52. The maximum Gasteiger partial charge on any atom is 0.124 e. The first-order valence-corrected chi connectivity index (χ1v) is 7.21. The molecule has 0 saturated heterocycles. The highest BCUT2D eigenvalue weighted by atomic mass is 32.2. The lowest BCUT2D eigenvalue weighted by Crippen LogP contribution is -2.39. The van der Waals surface area contributed by atoms with Crippen LogP contribution in [0.3, 0.4) is 0 Å². The van der Waals surface area contributed by atoms with Crippen LogP contribution in [0.25, 0.3) is 0 Å². The first-order valence-electron chi connectivity index (χ1n) is 5.99. The molecule has 0 radical (unpaired) electrons. The molecule has 17 heavy (non-hydrogen) atoms. The van der Waals surface area contributed by atoms with Crippen molar-refractivity contribution in [2.24, 2.45) is 5.92 Å². The van der Waals surface area contributed by atoms with Crippen molar-refractivity contribution in [2.45, 2.75) is 37.0 Å².